The fraction of sp³-hybridized carbons (Fsp3) is 0.250. The molecule has 0 bridgehead atoms. The molecule has 0 fully saturated rings. The Morgan fingerprint density at radius 2 is 1.94 bits per heavy atom. The van der Waals surface area contributed by atoms with E-state index < -0.39 is 35.6 Å². The standard InChI is InChI=1S/C24H23ClF2N4O5/c1-14(32)31(29-12-16-3-2-4-20(27)23(16)25)19(7-8-22(33)34)13-36-24(35)30-21-10-17-9-18(26)6-5-15(17)11-28-21/h2-6,9-11,19,29H,7-8,12-13H2,1H3,(H,33,34)(H,28,30,35)/t19-/m0/s1. The monoisotopic (exact) mass is 520 g/mol. The number of hydrogen-bond donors (Lipinski definition) is 3. The number of aromatic nitrogens is 1. The molecule has 1 atom stereocenters. The summed E-state index contributed by atoms with van der Waals surface area (Å²) in [5, 5.41) is 13.7. The van der Waals surface area contributed by atoms with Gasteiger partial charge in [-0.2, -0.15) is 0 Å². The summed E-state index contributed by atoms with van der Waals surface area (Å²) in [6.07, 6.45) is 0.202. The second-order valence-corrected chi connectivity index (χ2v) is 8.19. The molecule has 0 saturated heterocycles. The van der Waals surface area contributed by atoms with E-state index in [4.69, 9.17) is 21.4 Å². The maximum atomic E-state index is 13.7. The fourth-order valence-electron chi connectivity index (χ4n) is 3.42. The van der Waals surface area contributed by atoms with Gasteiger partial charge >= 0.3 is 12.1 Å². The lowest BCUT2D eigenvalue weighted by atomic mass is 10.1. The molecule has 0 radical (unpaired) electrons. The largest absolute Gasteiger partial charge is 0.481 e. The Morgan fingerprint density at radius 3 is 2.67 bits per heavy atom. The second-order valence-electron chi connectivity index (χ2n) is 7.81. The SMILES string of the molecule is CC(=O)N(NCc1cccc(F)c1Cl)[C@@H](CCC(=O)O)COC(=O)Nc1cc2cc(F)ccc2cn1. The molecule has 2 aromatic carbocycles. The van der Waals surface area contributed by atoms with E-state index in [1.54, 1.807) is 12.1 Å². The van der Waals surface area contributed by atoms with Gasteiger partial charge in [0.25, 0.3) is 0 Å². The molecule has 3 aromatic rings. The summed E-state index contributed by atoms with van der Waals surface area (Å²) in [7, 11) is 0. The number of ether oxygens (including phenoxy) is 1. The maximum absolute atomic E-state index is 13.7. The van der Waals surface area contributed by atoms with Crippen molar-refractivity contribution < 1.29 is 33.0 Å². The van der Waals surface area contributed by atoms with Crippen LogP contribution in [0.25, 0.3) is 10.8 Å². The van der Waals surface area contributed by atoms with Crippen LogP contribution in [-0.2, 0) is 20.9 Å². The summed E-state index contributed by atoms with van der Waals surface area (Å²) in [5.41, 5.74) is 3.18. The van der Waals surface area contributed by atoms with Crippen LogP contribution in [0.1, 0.15) is 25.3 Å². The average Bonchev–Trinajstić information content (AvgIpc) is 2.82. The van der Waals surface area contributed by atoms with E-state index in [0.717, 1.165) is 5.01 Å². The van der Waals surface area contributed by atoms with Gasteiger partial charge in [-0.15, -0.1) is 0 Å². The van der Waals surface area contributed by atoms with Crippen molar-refractivity contribution in [2.24, 2.45) is 0 Å². The lowest BCUT2D eigenvalue weighted by Gasteiger charge is -2.31. The number of fused-ring (bicyclic) bond motifs is 1. The molecule has 0 unspecified atom stereocenters. The van der Waals surface area contributed by atoms with Crippen molar-refractivity contribution >= 4 is 46.2 Å². The van der Waals surface area contributed by atoms with Crippen LogP contribution >= 0.6 is 11.6 Å². The fourth-order valence-corrected chi connectivity index (χ4v) is 3.62. The van der Waals surface area contributed by atoms with Crippen molar-refractivity contribution in [3.05, 3.63) is 70.9 Å². The highest BCUT2D eigenvalue weighted by atomic mass is 35.5. The normalized spacial score (nSPS) is 11.7. The molecule has 0 aliphatic heterocycles. The van der Waals surface area contributed by atoms with Gasteiger partial charge in [-0.3, -0.25) is 19.9 Å². The predicted molar refractivity (Wildman–Crippen MR) is 128 cm³/mol. The zero-order chi connectivity index (χ0) is 26.2. The van der Waals surface area contributed by atoms with Crippen LogP contribution < -0.4 is 10.7 Å². The first kappa shape index (κ1) is 26.8. The molecule has 12 heteroatoms. The molecule has 0 saturated carbocycles. The number of amides is 2. The highest BCUT2D eigenvalue weighted by molar-refractivity contribution is 6.31. The summed E-state index contributed by atoms with van der Waals surface area (Å²) < 4.78 is 32.4. The number of carbonyl (C=O) groups excluding carboxylic acids is 2. The minimum Gasteiger partial charge on any atom is -0.481 e. The highest BCUT2D eigenvalue weighted by Crippen LogP contribution is 2.20. The molecule has 0 aliphatic carbocycles. The van der Waals surface area contributed by atoms with E-state index >= 15 is 0 Å². The topological polar surface area (TPSA) is 121 Å². The van der Waals surface area contributed by atoms with Gasteiger partial charge in [0.2, 0.25) is 5.91 Å². The third-order valence-corrected chi connectivity index (χ3v) is 5.61. The summed E-state index contributed by atoms with van der Waals surface area (Å²) in [5.74, 6) is -2.55. The number of carboxylic acid groups (broad SMARTS) is 1. The van der Waals surface area contributed by atoms with Gasteiger partial charge in [0.15, 0.2) is 0 Å². The van der Waals surface area contributed by atoms with Crippen LogP contribution in [0.2, 0.25) is 5.02 Å². The third-order valence-electron chi connectivity index (χ3n) is 5.19. The minimum absolute atomic E-state index is 0.0382. The van der Waals surface area contributed by atoms with E-state index in [-0.39, 0.29) is 36.8 Å². The van der Waals surface area contributed by atoms with Crippen molar-refractivity contribution in [1.82, 2.24) is 15.4 Å². The minimum atomic E-state index is -1.10. The molecule has 190 valence electrons. The van der Waals surface area contributed by atoms with Gasteiger partial charge in [-0.1, -0.05) is 23.7 Å². The van der Waals surface area contributed by atoms with E-state index in [2.05, 4.69) is 15.7 Å². The van der Waals surface area contributed by atoms with Crippen LogP contribution in [0, 0.1) is 11.6 Å². The first-order valence-electron chi connectivity index (χ1n) is 10.8. The van der Waals surface area contributed by atoms with Crippen LogP contribution in [0.4, 0.5) is 19.4 Å². The molecular formula is C24H23ClF2N4O5. The number of anilines is 1. The zero-order valence-electron chi connectivity index (χ0n) is 19.1. The number of hydrogen-bond acceptors (Lipinski definition) is 6. The number of nitrogens with one attached hydrogen (secondary N) is 2. The lowest BCUT2D eigenvalue weighted by molar-refractivity contribution is -0.141. The Kier molecular flexibility index (Phi) is 9.09. The zero-order valence-corrected chi connectivity index (χ0v) is 19.9. The summed E-state index contributed by atoms with van der Waals surface area (Å²) in [4.78, 5) is 39.9. The molecule has 1 aromatic heterocycles. The first-order chi connectivity index (χ1) is 17.1. The van der Waals surface area contributed by atoms with Gasteiger partial charge in [0, 0.05) is 31.5 Å². The van der Waals surface area contributed by atoms with E-state index in [1.165, 1.54) is 43.5 Å². The highest BCUT2D eigenvalue weighted by Gasteiger charge is 2.24. The number of carboxylic acids is 1. The molecule has 0 spiro atoms. The quantitative estimate of drug-likeness (QED) is 0.336. The second kappa shape index (κ2) is 12.2. The predicted octanol–water partition coefficient (Wildman–Crippen LogP) is 4.50. The van der Waals surface area contributed by atoms with Gasteiger partial charge in [0.05, 0.1) is 11.1 Å². The summed E-state index contributed by atoms with van der Waals surface area (Å²) >= 11 is 5.96. The van der Waals surface area contributed by atoms with Gasteiger partial charge in [0.1, 0.15) is 24.1 Å². The summed E-state index contributed by atoms with van der Waals surface area (Å²) in [6, 6.07) is 8.95. The van der Waals surface area contributed by atoms with E-state index in [9.17, 15) is 23.2 Å². The van der Waals surface area contributed by atoms with Crippen LogP contribution in [0.15, 0.2) is 48.7 Å². The third kappa shape index (κ3) is 7.33. The summed E-state index contributed by atoms with van der Waals surface area (Å²) in [6.45, 7) is 0.848. The number of rotatable bonds is 10. The maximum Gasteiger partial charge on any atom is 0.412 e. The van der Waals surface area contributed by atoms with Crippen LogP contribution in [0.3, 0.4) is 0 Å². The number of carbonyl (C=O) groups is 3. The molecule has 0 aliphatic rings. The lowest BCUT2D eigenvalue weighted by Crippen LogP contribution is -2.50. The van der Waals surface area contributed by atoms with Gasteiger partial charge < -0.3 is 9.84 Å². The van der Waals surface area contributed by atoms with Gasteiger partial charge in [-0.25, -0.2) is 24.0 Å². The van der Waals surface area contributed by atoms with Crippen LogP contribution in [0.5, 0.6) is 0 Å². The molecule has 2 amide bonds. The number of aliphatic carboxylic acids is 1. The molecular weight excluding hydrogens is 498 g/mol. The molecule has 36 heavy (non-hydrogen) atoms. The number of halogens is 3. The van der Waals surface area contributed by atoms with Crippen LogP contribution in [-0.4, -0.2) is 45.7 Å². The van der Waals surface area contributed by atoms with E-state index in [1.807, 2.05) is 0 Å². The molecule has 1 heterocycles. The van der Waals surface area contributed by atoms with Crippen molar-refractivity contribution in [3.8, 4) is 0 Å². The Labute approximate surface area is 210 Å². The van der Waals surface area contributed by atoms with Crippen molar-refractivity contribution in [3.63, 3.8) is 0 Å². The van der Waals surface area contributed by atoms with Gasteiger partial charge in [-0.05, 0) is 47.7 Å². The number of benzene rings is 2. The Bertz CT molecular complexity index is 1280. The molecule has 3 N–H and O–H groups in total. The number of pyridine rings is 1. The Hall–Kier alpha value is -3.83. The van der Waals surface area contributed by atoms with Crippen molar-refractivity contribution in [2.45, 2.75) is 32.4 Å². The Morgan fingerprint density at radius 1 is 1.17 bits per heavy atom. The first-order valence-corrected chi connectivity index (χ1v) is 11.2. The molecule has 3 rings (SSSR count). The average molecular weight is 521 g/mol. The Balaban J connectivity index is 1.67. The van der Waals surface area contributed by atoms with E-state index in [0.29, 0.717) is 16.3 Å². The van der Waals surface area contributed by atoms with Crippen molar-refractivity contribution in [2.75, 3.05) is 11.9 Å². The molecule has 9 nitrogen and oxygen atoms in total. The van der Waals surface area contributed by atoms with Crippen molar-refractivity contribution in [1.29, 1.82) is 0 Å². The number of hydrazine groups is 1. The number of nitrogens with zero attached hydrogens (tertiary/aromatic N) is 2. The smallest absolute Gasteiger partial charge is 0.412 e.